The molecule has 1 aromatic carbocycles. The number of alkyl carbamates (subject to hydrolysis) is 1. The Balaban J connectivity index is 2.06. The summed E-state index contributed by atoms with van der Waals surface area (Å²) in [4.78, 5) is 22.9. The maximum absolute atomic E-state index is 11.5. The number of carbonyl (C=O) groups is 2. The van der Waals surface area contributed by atoms with Gasteiger partial charge in [0.05, 0.1) is 0 Å². The maximum Gasteiger partial charge on any atom is 0.414 e. The van der Waals surface area contributed by atoms with Crippen molar-refractivity contribution in [1.82, 2.24) is 5.32 Å². The fourth-order valence-electron chi connectivity index (χ4n) is 1.75. The van der Waals surface area contributed by atoms with Crippen LogP contribution in [0.25, 0.3) is 0 Å². The highest BCUT2D eigenvalue weighted by Gasteiger charge is 2.08. The van der Waals surface area contributed by atoms with Crippen molar-refractivity contribution in [2.45, 2.75) is 39.2 Å². The predicted octanol–water partition coefficient (Wildman–Crippen LogP) is 3.04. The summed E-state index contributed by atoms with van der Waals surface area (Å²) in [5.74, 6) is -0.301. The lowest BCUT2D eigenvalue weighted by molar-refractivity contribution is -0.120. The molecular weight excluding hydrogens is 270 g/mol. The van der Waals surface area contributed by atoms with E-state index >= 15 is 0 Å². The van der Waals surface area contributed by atoms with Crippen LogP contribution in [0.2, 0.25) is 0 Å². The Kier molecular flexibility index (Phi) is 8.88. The van der Waals surface area contributed by atoms with Crippen LogP contribution in [0.1, 0.15) is 38.2 Å². The van der Waals surface area contributed by atoms with Gasteiger partial charge in [-0.3, -0.25) is 10.1 Å². The summed E-state index contributed by atoms with van der Waals surface area (Å²) in [6.45, 7) is 3.55. The molecular formula is C16H23NO4. The number of benzene rings is 1. The van der Waals surface area contributed by atoms with Gasteiger partial charge in [0.1, 0.15) is 6.61 Å². The van der Waals surface area contributed by atoms with Crippen molar-refractivity contribution < 1.29 is 19.1 Å². The van der Waals surface area contributed by atoms with Crippen molar-refractivity contribution in [2.24, 2.45) is 0 Å². The SMILES string of the molecule is CCOCCCCCC(=O)NC(=O)OCc1ccccc1. The smallest absolute Gasteiger partial charge is 0.414 e. The zero-order valence-electron chi connectivity index (χ0n) is 12.5. The van der Waals surface area contributed by atoms with E-state index in [1.54, 1.807) is 0 Å². The lowest BCUT2D eigenvalue weighted by Gasteiger charge is -2.06. The van der Waals surface area contributed by atoms with Gasteiger partial charge >= 0.3 is 6.09 Å². The van der Waals surface area contributed by atoms with E-state index in [-0.39, 0.29) is 12.5 Å². The number of carbonyl (C=O) groups excluding carboxylic acids is 2. The zero-order valence-corrected chi connectivity index (χ0v) is 12.5. The maximum atomic E-state index is 11.5. The Morgan fingerprint density at radius 2 is 1.86 bits per heavy atom. The van der Waals surface area contributed by atoms with Crippen molar-refractivity contribution in [3.8, 4) is 0 Å². The molecule has 0 aliphatic heterocycles. The Morgan fingerprint density at radius 3 is 2.57 bits per heavy atom. The second kappa shape index (κ2) is 10.9. The zero-order chi connectivity index (χ0) is 15.3. The molecule has 0 aliphatic rings. The van der Waals surface area contributed by atoms with E-state index in [1.165, 1.54) is 0 Å². The molecule has 21 heavy (non-hydrogen) atoms. The number of unbranched alkanes of at least 4 members (excludes halogenated alkanes) is 2. The Hall–Kier alpha value is -1.88. The summed E-state index contributed by atoms with van der Waals surface area (Å²) in [6.07, 6.45) is 2.21. The highest BCUT2D eigenvalue weighted by molar-refractivity contribution is 5.91. The first-order valence-corrected chi connectivity index (χ1v) is 7.30. The number of rotatable bonds is 9. The first-order valence-electron chi connectivity index (χ1n) is 7.30. The molecule has 1 rings (SSSR count). The van der Waals surface area contributed by atoms with Gasteiger partial charge in [-0.15, -0.1) is 0 Å². The first-order chi connectivity index (χ1) is 10.2. The highest BCUT2D eigenvalue weighted by atomic mass is 16.5. The minimum atomic E-state index is -0.696. The molecule has 1 aromatic rings. The largest absolute Gasteiger partial charge is 0.444 e. The van der Waals surface area contributed by atoms with Crippen LogP contribution >= 0.6 is 0 Å². The summed E-state index contributed by atoms with van der Waals surface area (Å²) in [7, 11) is 0. The number of hydrogen-bond donors (Lipinski definition) is 1. The summed E-state index contributed by atoms with van der Waals surface area (Å²) in [5, 5.41) is 2.22. The second-order valence-corrected chi connectivity index (χ2v) is 4.62. The normalized spacial score (nSPS) is 10.1. The quantitative estimate of drug-likeness (QED) is 0.711. The molecule has 0 unspecified atom stereocenters. The summed E-state index contributed by atoms with van der Waals surface area (Å²) >= 11 is 0. The molecule has 0 spiro atoms. The molecule has 0 aliphatic carbocycles. The number of ether oxygens (including phenoxy) is 2. The Bertz CT molecular complexity index is 420. The average molecular weight is 293 g/mol. The van der Waals surface area contributed by atoms with Gasteiger partial charge in [0.15, 0.2) is 0 Å². The molecule has 5 heteroatoms. The van der Waals surface area contributed by atoms with E-state index in [2.05, 4.69) is 5.32 Å². The lowest BCUT2D eigenvalue weighted by Crippen LogP contribution is -2.30. The van der Waals surface area contributed by atoms with Gasteiger partial charge in [0.25, 0.3) is 0 Å². The third-order valence-corrected chi connectivity index (χ3v) is 2.85. The van der Waals surface area contributed by atoms with Gasteiger partial charge in [0.2, 0.25) is 5.91 Å². The van der Waals surface area contributed by atoms with Crippen LogP contribution in [0.15, 0.2) is 30.3 Å². The van der Waals surface area contributed by atoms with E-state index in [4.69, 9.17) is 9.47 Å². The van der Waals surface area contributed by atoms with Crippen LogP contribution in [-0.4, -0.2) is 25.2 Å². The summed E-state index contributed by atoms with van der Waals surface area (Å²) in [6, 6.07) is 9.33. The molecule has 0 heterocycles. The van der Waals surface area contributed by atoms with Crippen molar-refractivity contribution in [1.29, 1.82) is 0 Å². The standard InChI is InChI=1S/C16H23NO4/c1-2-20-12-8-4-7-11-15(18)17-16(19)21-13-14-9-5-3-6-10-14/h3,5-6,9-10H,2,4,7-8,11-13H2,1H3,(H,17,18,19). The first kappa shape index (κ1) is 17.2. The van der Waals surface area contributed by atoms with E-state index in [0.29, 0.717) is 13.0 Å². The third-order valence-electron chi connectivity index (χ3n) is 2.85. The molecule has 0 saturated heterocycles. The summed E-state index contributed by atoms with van der Waals surface area (Å²) in [5.41, 5.74) is 0.885. The second-order valence-electron chi connectivity index (χ2n) is 4.62. The predicted molar refractivity (Wildman–Crippen MR) is 79.7 cm³/mol. The van der Waals surface area contributed by atoms with Gasteiger partial charge in [-0.25, -0.2) is 4.79 Å². The Morgan fingerprint density at radius 1 is 1.10 bits per heavy atom. The minimum absolute atomic E-state index is 0.161. The molecule has 2 amide bonds. The van der Waals surface area contributed by atoms with E-state index in [0.717, 1.165) is 31.4 Å². The minimum Gasteiger partial charge on any atom is -0.444 e. The number of nitrogens with one attached hydrogen (secondary N) is 1. The molecule has 1 N–H and O–H groups in total. The van der Waals surface area contributed by atoms with Gasteiger partial charge in [-0.1, -0.05) is 36.8 Å². The molecule has 5 nitrogen and oxygen atoms in total. The molecule has 0 radical (unpaired) electrons. The molecule has 0 atom stereocenters. The molecule has 0 aromatic heterocycles. The third kappa shape index (κ3) is 8.81. The van der Waals surface area contributed by atoms with Crippen LogP contribution in [0.4, 0.5) is 4.79 Å². The lowest BCUT2D eigenvalue weighted by atomic mass is 10.2. The number of imide groups is 1. The van der Waals surface area contributed by atoms with Crippen molar-refractivity contribution in [3.63, 3.8) is 0 Å². The number of amides is 2. The molecule has 0 saturated carbocycles. The number of hydrogen-bond acceptors (Lipinski definition) is 4. The highest BCUT2D eigenvalue weighted by Crippen LogP contribution is 2.02. The topological polar surface area (TPSA) is 64.6 Å². The van der Waals surface area contributed by atoms with Crippen LogP contribution in [0, 0.1) is 0 Å². The summed E-state index contributed by atoms with van der Waals surface area (Å²) < 4.78 is 10.2. The van der Waals surface area contributed by atoms with Gasteiger partial charge in [-0.2, -0.15) is 0 Å². The van der Waals surface area contributed by atoms with E-state index in [1.807, 2.05) is 37.3 Å². The van der Waals surface area contributed by atoms with Crippen LogP contribution in [0.3, 0.4) is 0 Å². The fourth-order valence-corrected chi connectivity index (χ4v) is 1.75. The average Bonchev–Trinajstić information content (AvgIpc) is 2.50. The van der Waals surface area contributed by atoms with Crippen molar-refractivity contribution in [3.05, 3.63) is 35.9 Å². The van der Waals surface area contributed by atoms with Crippen LogP contribution in [-0.2, 0) is 20.9 Å². The van der Waals surface area contributed by atoms with Gasteiger partial charge in [0, 0.05) is 19.6 Å². The Labute approximate surface area is 125 Å². The molecule has 116 valence electrons. The van der Waals surface area contributed by atoms with Crippen LogP contribution in [0.5, 0.6) is 0 Å². The van der Waals surface area contributed by atoms with Gasteiger partial charge < -0.3 is 9.47 Å². The fraction of sp³-hybridized carbons (Fsp3) is 0.500. The molecule has 0 fully saturated rings. The van der Waals surface area contributed by atoms with Crippen molar-refractivity contribution >= 4 is 12.0 Å². The molecule has 0 bridgehead atoms. The van der Waals surface area contributed by atoms with E-state index < -0.39 is 6.09 Å². The monoisotopic (exact) mass is 293 g/mol. The van der Waals surface area contributed by atoms with Gasteiger partial charge in [-0.05, 0) is 25.3 Å². The van der Waals surface area contributed by atoms with Crippen LogP contribution < -0.4 is 5.32 Å². The van der Waals surface area contributed by atoms with Crippen molar-refractivity contribution in [2.75, 3.05) is 13.2 Å². The van der Waals surface area contributed by atoms with E-state index in [9.17, 15) is 9.59 Å².